The monoisotopic (exact) mass is 770 g/mol. The molecule has 3 heterocycles. The molecule has 0 radical (unpaired) electrons. The number of hydrogen-bond acceptors (Lipinski definition) is 10. The summed E-state index contributed by atoms with van der Waals surface area (Å²) in [6.45, 7) is 13.7. The van der Waals surface area contributed by atoms with Crippen LogP contribution in [0.5, 0.6) is 11.5 Å². The highest BCUT2D eigenvalue weighted by Gasteiger charge is 2.49. The van der Waals surface area contributed by atoms with Gasteiger partial charge in [-0.05, 0) is 57.5 Å². The lowest BCUT2D eigenvalue weighted by atomic mass is 9.90. The van der Waals surface area contributed by atoms with Crippen LogP contribution < -0.4 is 9.47 Å². The lowest BCUT2D eigenvalue weighted by Crippen LogP contribution is -2.41. The Kier molecular flexibility index (Phi) is 15.6. The Hall–Kier alpha value is -4.48. The summed E-state index contributed by atoms with van der Waals surface area (Å²) in [7, 11) is 2.51. The third kappa shape index (κ3) is 10.0. The summed E-state index contributed by atoms with van der Waals surface area (Å²) in [6.07, 6.45) is 6.59. The molecule has 14 nitrogen and oxygen atoms in total. The van der Waals surface area contributed by atoms with Gasteiger partial charge in [0.05, 0.1) is 52.1 Å². The number of aromatic nitrogens is 4. The molecule has 1 fully saturated rings. The van der Waals surface area contributed by atoms with Crippen LogP contribution in [0.2, 0.25) is 0 Å². The molecule has 1 aliphatic rings. The van der Waals surface area contributed by atoms with Crippen molar-refractivity contribution in [2.75, 3.05) is 14.2 Å². The third-order valence-electron chi connectivity index (χ3n) is 7.65. The Labute approximate surface area is 298 Å². The van der Waals surface area contributed by atoms with Gasteiger partial charge in [0.2, 0.25) is 0 Å². The van der Waals surface area contributed by atoms with Crippen LogP contribution in [-0.4, -0.2) is 54.8 Å². The van der Waals surface area contributed by atoms with Gasteiger partial charge in [-0.15, -0.1) is 0 Å². The number of hydrogen-bond donors (Lipinski definition) is 0. The van der Waals surface area contributed by atoms with Crippen LogP contribution in [0, 0.1) is 31.9 Å². The summed E-state index contributed by atoms with van der Waals surface area (Å²) in [4.78, 5) is 20.1. The number of methoxy groups -OCH3 is 2. The molecule has 5 rings (SSSR count). The van der Waals surface area contributed by atoms with E-state index < -0.39 is 21.5 Å². The summed E-state index contributed by atoms with van der Waals surface area (Å²) >= 11 is 2.84. The third-order valence-corrected chi connectivity index (χ3v) is 8.26. The topological polar surface area (TPSA) is 159 Å². The van der Waals surface area contributed by atoms with E-state index in [0.29, 0.717) is 12.1 Å². The highest BCUT2D eigenvalue weighted by molar-refractivity contribution is 9.10. The second-order valence-electron chi connectivity index (χ2n) is 11.3. The standard InChI is InChI=1S/C12H12FN3O3.C12H20N2O2.C7H5BrFNO3.2CH4/c1-3-15-7-8(6-14-15)9-4-11(16(17)18)12(19-2)5-10(9)13;1-6-14-8-9(7-13-14)10-15-11(2,3)12(4,5)16-10;1-13-7-3-5(9)4(8)2-6(7)10(11)12;;/h4-7H,3H2,1-2H3;7-8,10H,6H2,1-5H3;2-3H,1H3;2*1H4. The van der Waals surface area contributed by atoms with Gasteiger partial charge in [0.15, 0.2) is 17.8 Å². The van der Waals surface area contributed by atoms with Crippen molar-refractivity contribution in [3.8, 4) is 22.6 Å². The molecular weight excluding hydrogens is 726 g/mol. The van der Waals surface area contributed by atoms with Gasteiger partial charge in [-0.25, -0.2) is 8.78 Å². The summed E-state index contributed by atoms with van der Waals surface area (Å²) < 4.78 is 51.6. The summed E-state index contributed by atoms with van der Waals surface area (Å²) in [5.41, 5.74) is 0.495. The van der Waals surface area contributed by atoms with Gasteiger partial charge in [0.1, 0.15) is 11.6 Å². The maximum absolute atomic E-state index is 13.9. The maximum atomic E-state index is 13.9. The zero-order valence-electron chi connectivity index (χ0n) is 27.7. The molecule has 50 heavy (non-hydrogen) atoms. The first-order valence-electron chi connectivity index (χ1n) is 14.6. The van der Waals surface area contributed by atoms with Gasteiger partial charge in [-0.1, -0.05) is 14.9 Å². The van der Waals surface area contributed by atoms with E-state index in [9.17, 15) is 29.0 Å². The van der Waals surface area contributed by atoms with Gasteiger partial charge < -0.3 is 18.9 Å². The van der Waals surface area contributed by atoms with E-state index >= 15 is 0 Å². The quantitative estimate of drug-likeness (QED) is 0.125. The normalized spacial score (nSPS) is 14.1. The largest absolute Gasteiger partial charge is 0.490 e. The minimum atomic E-state index is -0.636. The molecule has 0 aliphatic carbocycles. The zero-order valence-corrected chi connectivity index (χ0v) is 29.3. The van der Waals surface area contributed by atoms with Crippen LogP contribution in [0.25, 0.3) is 11.1 Å². The van der Waals surface area contributed by atoms with E-state index in [-0.39, 0.29) is 65.3 Å². The van der Waals surface area contributed by atoms with Gasteiger partial charge >= 0.3 is 11.4 Å². The molecule has 17 heteroatoms. The predicted molar refractivity (Wildman–Crippen MR) is 188 cm³/mol. The first-order valence-corrected chi connectivity index (χ1v) is 15.4. The first-order chi connectivity index (χ1) is 22.5. The van der Waals surface area contributed by atoms with Crippen LogP contribution >= 0.6 is 15.9 Å². The lowest BCUT2D eigenvalue weighted by molar-refractivity contribution is -0.385. The van der Waals surface area contributed by atoms with E-state index in [2.05, 4.69) is 65.5 Å². The molecule has 276 valence electrons. The molecule has 0 unspecified atom stereocenters. The van der Waals surface area contributed by atoms with E-state index in [1.807, 2.05) is 24.0 Å². The van der Waals surface area contributed by atoms with Crippen molar-refractivity contribution in [3.05, 3.63) is 91.0 Å². The summed E-state index contributed by atoms with van der Waals surface area (Å²) in [6, 6.07) is 4.19. The molecule has 2 aromatic heterocycles. The Morgan fingerprint density at radius 1 is 0.820 bits per heavy atom. The first kappa shape index (κ1) is 43.5. The minimum absolute atomic E-state index is 0. The maximum Gasteiger partial charge on any atom is 0.312 e. The molecule has 2 aromatic carbocycles. The Morgan fingerprint density at radius 3 is 1.72 bits per heavy atom. The zero-order chi connectivity index (χ0) is 36.0. The molecule has 0 atom stereocenters. The molecule has 0 bridgehead atoms. The molecule has 4 aromatic rings. The minimum Gasteiger partial charge on any atom is -0.490 e. The Bertz CT molecular complexity index is 1750. The second-order valence-corrected chi connectivity index (χ2v) is 12.1. The number of nitrogens with zero attached hydrogens (tertiary/aromatic N) is 6. The van der Waals surface area contributed by atoms with Crippen LogP contribution in [-0.2, 0) is 22.6 Å². The number of nitro benzene ring substituents is 2. The van der Waals surface area contributed by atoms with Gasteiger partial charge in [0, 0.05) is 66.4 Å². The van der Waals surface area contributed by atoms with E-state index in [0.717, 1.165) is 36.4 Å². The Balaban J connectivity index is 0.000000374. The van der Waals surface area contributed by atoms with Crippen molar-refractivity contribution in [3.63, 3.8) is 0 Å². The van der Waals surface area contributed by atoms with Gasteiger partial charge in [-0.2, -0.15) is 10.2 Å². The fraction of sp³-hybridized carbons (Fsp3) is 0.455. The molecule has 1 saturated heterocycles. The van der Waals surface area contributed by atoms with Crippen molar-refractivity contribution >= 4 is 27.3 Å². The average molecular weight is 772 g/mol. The van der Waals surface area contributed by atoms with Crippen molar-refractivity contribution in [2.24, 2.45) is 0 Å². The van der Waals surface area contributed by atoms with Crippen molar-refractivity contribution in [1.29, 1.82) is 0 Å². The number of nitro groups is 2. The number of aryl methyl sites for hydroxylation is 2. The van der Waals surface area contributed by atoms with Gasteiger partial charge in [-0.3, -0.25) is 29.6 Å². The van der Waals surface area contributed by atoms with Crippen molar-refractivity contribution in [2.45, 2.75) is 87.0 Å². The van der Waals surface area contributed by atoms with Crippen molar-refractivity contribution in [1.82, 2.24) is 19.6 Å². The SMILES string of the molecule is C.C.CCn1cc(-c2cc([N+](=O)[O-])c(OC)cc2F)cn1.CCn1cc(C2OC(C)(C)C(C)(C)O2)cn1.COc1cc(F)c(Br)cc1[N+](=O)[O-]. The van der Waals surface area contributed by atoms with E-state index in [4.69, 9.17) is 14.2 Å². The molecule has 0 spiro atoms. The molecule has 0 amide bonds. The number of rotatable bonds is 8. The molecule has 1 aliphatic heterocycles. The van der Waals surface area contributed by atoms with Crippen molar-refractivity contribution < 1.29 is 37.6 Å². The smallest absolute Gasteiger partial charge is 0.312 e. The lowest BCUT2D eigenvalue weighted by Gasteiger charge is -2.30. The average Bonchev–Trinajstić information content (AvgIpc) is 3.76. The van der Waals surface area contributed by atoms with Crippen LogP contribution in [0.15, 0.2) is 53.5 Å². The summed E-state index contributed by atoms with van der Waals surface area (Å²) in [5.74, 6) is -1.37. The molecular formula is C33H45BrF2N6O8. The Morgan fingerprint density at radius 2 is 1.28 bits per heavy atom. The second kappa shape index (κ2) is 18.0. The highest BCUT2D eigenvalue weighted by Crippen LogP contribution is 2.44. The molecule has 0 saturated carbocycles. The number of ether oxygens (including phenoxy) is 4. The predicted octanol–water partition coefficient (Wildman–Crippen LogP) is 8.91. The van der Waals surface area contributed by atoms with Crippen LogP contribution in [0.1, 0.15) is 68.2 Å². The fourth-order valence-electron chi connectivity index (χ4n) is 4.22. The fourth-order valence-corrected chi connectivity index (χ4v) is 4.56. The number of halogens is 3. The van der Waals surface area contributed by atoms with Gasteiger partial charge in [0.25, 0.3) is 0 Å². The van der Waals surface area contributed by atoms with Crippen LogP contribution in [0.3, 0.4) is 0 Å². The van der Waals surface area contributed by atoms with E-state index in [1.54, 1.807) is 10.9 Å². The van der Waals surface area contributed by atoms with Crippen LogP contribution in [0.4, 0.5) is 20.2 Å². The highest BCUT2D eigenvalue weighted by atomic mass is 79.9. The number of benzene rings is 2. The van der Waals surface area contributed by atoms with E-state index in [1.165, 1.54) is 20.4 Å². The molecule has 0 N–H and O–H groups in total. The summed E-state index contributed by atoms with van der Waals surface area (Å²) in [5, 5.41) is 29.6.